The van der Waals surface area contributed by atoms with Gasteiger partial charge in [-0.15, -0.1) is 11.3 Å². The fourth-order valence-corrected chi connectivity index (χ4v) is 5.28. The Morgan fingerprint density at radius 2 is 2.09 bits per heavy atom. The molecule has 2 aromatic rings. The van der Waals surface area contributed by atoms with Crippen molar-refractivity contribution in [3.05, 3.63) is 28.5 Å². The molecule has 0 spiro atoms. The van der Waals surface area contributed by atoms with Crippen LogP contribution in [0.3, 0.4) is 0 Å². The van der Waals surface area contributed by atoms with E-state index in [2.05, 4.69) is 20.6 Å². The zero-order valence-corrected chi connectivity index (χ0v) is 20.8. The number of thiazole rings is 1. The number of hydrogen-bond donors (Lipinski definition) is 3. The molecule has 3 N–H and O–H groups in total. The first-order valence-corrected chi connectivity index (χ1v) is 12.3. The molecule has 0 saturated carbocycles. The lowest BCUT2D eigenvalue weighted by Crippen LogP contribution is -2.42. The number of amides is 2. The van der Waals surface area contributed by atoms with E-state index in [0.717, 1.165) is 21.8 Å². The molecule has 9 nitrogen and oxygen atoms in total. The van der Waals surface area contributed by atoms with Crippen LogP contribution in [0.4, 0.5) is 14.6 Å². The molecule has 2 aliphatic heterocycles. The SMILES string of the molecule is Cc1cc(NC(C)C)ncc1-c1sc(C(=O)N[C@H]2COC[C@@H]2O)nc1C(=O)N1CC(F)(F)C[C@@H]1C. The topological polar surface area (TPSA) is 117 Å². The molecular weight excluding hydrogens is 480 g/mol. The fourth-order valence-electron chi connectivity index (χ4n) is 4.24. The summed E-state index contributed by atoms with van der Waals surface area (Å²) in [6.07, 6.45) is 0.309. The minimum Gasteiger partial charge on any atom is -0.388 e. The summed E-state index contributed by atoms with van der Waals surface area (Å²) in [5.41, 5.74) is 1.30. The van der Waals surface area contributed by atoms with Crippen molar-refractivity contribution in [1.29, 1.82) is 0 Å². The van der Waals surface area contributed by atoms with Crippen molar-refractivity contribution in [3.8, 4) is 10.4 Å². The largest absolute Gasteiger partial charge is 0.388 e. The number of rotatable bonds is 6. The molecule has 190 valence electrons. The van der Waals surface area contributed by atoms with Gasteiger partial charge in [-0.2, -0.15) is 0 Å². The molecule has 2 aromatic heterocycles. The van der Waals surface area contributed by atoms with E-state index in [4.69, 9.17) is 4.74 Å². The van der Waals surface area contributed by atoms with Gasteiger partial charge in [0.05, 0.1) is 36.8 Å². The second kappa shape index (κ2) is 9.75. The molecule has 4 rings (SSSR count). The van der Waals surface area contributed by atoms with Gasteiger partial charge in [-0.05, 0) is 39.3 Å². The molecule has 4 heterocycles. The van der Waals surface area contributed by atoms with E-state index in [1.165, 1.54) is 0 Å². The van der Waals surface area contributed by atoms with Crippen LogP contribution in [-0.4, -0.2) is 81.7 Å². The maximum atomic E-state index is 14.0. The second-order valence-electron chi connectivity index (χ2n) is 9.41. The van der Waals surface area contributed by atoms with E-state index in [9.17, 15) is 23.5 Å². The summed E-state index contributed by atoms with van der Waals surface area (Å²) in [5.74, 6) is -3.56. The smallest absolute Gasteiger partial charge is 0.280 e. The molecule has 0 unspecified atom stereocenters. The van der Waals surface area contributed by atoms with Crippen LogP contribution in [0.15, 0.2) is 12.3 Å². The van der Waals surface area contributed by atoms with E-state index in [1.54, 1.807) is 13.1 Å². The average Bonchev–Trinajstić information content (AvgIpc) is 3.44. The van der Waals surface area contributed by atoms with Crippen LogP contribution < -0.4 is 10.6 Å². The number of alkyl halides is 2. The highest BCUT2D eigenvalue weighted by Crippen LogP contribution is 2.37. The molecular formula is C23H29F2N5O4S. The van der Waals surface area contributed by atoms with Gasteiger partial charge in [0.25, 0.3) is 17.7 Å². The van der Waals surface area contributed by atoms with Crippen LogP contribution in [0.2, 0.25) is 0 Å². The monoisotopic (exact) mass is 509 g/mol. The number of halogens is 2. The lowest BCUT2D eigenvalue weighted by Gasteiger charge is -2.20. The summed E-state index contributed by atoms with van der Waals surface area (Å²) in [6, 6.07) is 0.710. The average molecular weight is 510 g/mol. The molecule has 12 heteroatoms. The number of carbonyl (C=O) groups excluding carboxylic acids is 2. The molecule has 2 saturated heterocycles. The third-order valence-electron chi connectivity index (χ3n) is 5.97. The number of nitrogens with zero attached hydrogens (tertiary/aromatic N) is 3. The summed E-state index contributed by atoms with van der Waals surface area (Å²) in [4.78, 5) is 36.5. The number of ether oxygens (including phenoxy) is 1. The standard InChI is InChI=1S/C23H29F2N5O4S/c1-11(2)27-17-5-12(3)14(7-26-17)19-18(22(33)30-10-23(24,25)6-13(30)4)29-21(35-19)20(32)28-15-8-34-9-16(15)31/h5,7,11,13,15-16,31H,6,8-10H2,1-4H3,(H,26,27)(H,28,32)/t13-,15-,16-/m0/s1. The molecule has 2 aliphatic rings. The van der Waals surface area contributed by atoms with Crippen LogP contribution in [0, 0.1) is 6.92 Å². The Morgan fingerprint density at radius 3 is 2.66 bits per heavy atom. The minimum absolute atomic E-state index is 0.00941. The van der Waals surface area contributed by atoms with Crippen LogP contribution in [0.5, 0.6) is 0 Å². The number of nitrogens with one attached hydrogen (secondary N) is 2. The van der Waals surface area contributed by atoms with E-state index in [-0.39, 0.29) is 30.0 Å². The highest BCUT2D eigenvalue weighted by molar-refractivity contribution is 7.17. The van der Waals surface area contributed by atoms with Crippen LogP contribution in [0.25, 0.3) is 10.4 Å². The zero-order valence-electron chi connectivity index (χ0n) is 20.0. The van der Waals surface area contributed by atoms with Crippen molar-refractivity contribution in [1.82, 2.24) is 20.2 Å². The van der Waals surface area contributed by atoms with Crippen molar-refractivity contribution < 1.29 is 28.2 Å². The first-order valence-electron chi connectivity index (χ1n) is 11.4. The van der Waals surface area contributed by atoms with Crippen LogP contribution >= 0.6 is 11.3 Å². The van der Waals surface area contributed by atoms with Gasteiger partial charge in [0.2, 0.25) is 0 Å². The number of anilines is 1. The quantitative estimate of drug-likeness (QED) is 0.548. The highest BCUT2D eigenvalue weighted by Gasteiger charge is 2.46. The molecule has 3 atom stereocenters. The number of aliphatic hydroxyl groups is 1. The number of aryl methyl sites for hydroxylation is 1. The number of aliphatic hydroxyl groups excluding tert-OH is 1. The Bertz CT molecular complexity index is 1130. The molecule has 35 heavy (non-hydrogen) atoms. The van der Waals surface area contributed by atoms with Gasteiger partial charge in [-0.1, -0.05) is 0 Å². The van der Waals surface area contributed by atoms with E-state index in [0.29, 0.717) is 16.3 Å². The van der Waals surface area contributed by atoms with Crippen molar-refractivity contribution >= 4 is 29.0 Å². The molecule has 2 fully saturated rings. The normalized spacial score (nSPS) is 23.7. The van der Waals surface area contributed by atoms with Gasteiger partial charge in [-0.25, -0.2) is 18.7 Å². The summed E-state index contributed by atoms with van der Waals surface area (Å²) in [7, 11) is 0. The predicted molar refractivity (Wildman–Crippen MR) is 127 cm³/mol. The number of hydrogen-bond acceptors (Lipinski definition) is 8. The zero-order chi connectivity index (χ0) is 25.5. The van der Waals surface area contributed by atoms with Crippen molar-refractivity contribution in [3.63, 3.8) is 0 Å². The summed E-state index contributed by atoms with van der Waals surface area (Å²) in [6.45, 7) is 6.94. The van der Waals surface area contributed by atoms with Gasteiger partial charge in [0.15, 0.2) is 5.01 Å². The number of likely N-dealkylation sites (tertiary alicyclic amines) is 1. The van der Waals surface area contributed by atoms with Gasteiger partial charge in [-0.3, -0.25) is 9.59 Å². The third kappa shape index (κ3) is 5.44. The van der Waals surface area contributed by atoms with Crippen LogP contribution in [0.1, 0.15) is 53.0 Å². The summed E-state index contributed by atoms with van der Waals surface area (Å²) < 4.78 is 33.2. The third-order valence-corrected chi connectivity index (χ3v) is 7.06. The number of pyridine rings is 1. The van der Waals surface area contributed by atoms with Gasteiger partial charge < -0.3 is 25.4 Å². The maximum absolute atomic E-state index is 14.0. The lowest BCUT2D eigenvalue weighted by atomic mass is 10.1. The highest BCUT2D eigenvalue weighted by atomic mass is 32.1. The Hall–Kier alpha value is -2.70. The molecule has 0 aromatic carbocycles. The Kier molecular flexibility index (Phi) is 7.07. The van der Waals surface area contributed by atoms with E-state index in [1.807, 2.05) is 26.8 Å². The first kappa shape index (κ1) is 25.4. The second-order valence-corrected chi connectivity index (χ2v) is 10.4. The molecule has 2 amide bonds. The Balaban J connectivity index is 1.71. The predicted octanol–water partition coefficient (Wildman–Crippen LogP) is 2.69. The molecule has 0 radical (unpaired) electrons. The van der Waals surface area contributed by atoms with Crippen molar-refractivity contribution in [2.24, 2.45) is 0 Å². The number of aromatic nitrogens is 2. The maximum Gasteiger partial charge on any atom is 0.280 e. The van der Waals surface area contributed by atoms with Crippen LogP contribution in [-0.2, 0) is 4.74 Å². The van der Waals surface area contributed by atoms with Crippen molar-refractivity contribution in [2.45, 2.75) is 64.3 Å². The van der Waals surface area contributed by atoms with E-state index >= 15 is 0 Å². The fraction of sp³-hybridized carbons (Fsp3) is 0.565. The molecule has 0 aliphatic carbocycles. The minimum atomic E-state index is -2.98. The Labute approximate surface area is 205 Å². The van der Waals surface area contributed by atoms with Gasteiger partial charge in [0, 0.05) is 30.3 Å². The lowest BCUT2D eigenvalue weighted by molar-refractivity contribution is 0.0118. The van der Waals surface area contributed by atoms with Crippen molar-refractivity contribution in [2.75, 3.05) is 25.1 Å². The summed E-state index contributed by atoms with van der Waals surface area (Å²) >= 11 is 0.986. The number of carbonyl (C=O) groups is 2. The molecule has 0 bridgehead atoms. The van der Waals surface area contributed by atoms with E-state index < -0.39 is 48.9 Å². The van der Waals surface area contributed by atoms with Gasteiger partial charge >= 0.3 is 0 Å². The van der Waals surface area contributed by atoms with Gasteiger partial charge in [0.1, 0.15) is 11.5 Å². The first-order chi connectivity index (χ1) is 16.4. The Morgan fingerprint density at radius 1 is 1.34 bits per heavy atom. The summed E-state index contributed by atoms with van der Waals surface area (Å²) in [5, 5.41) is 15.8.